The third-order valence-electron chi connectivity index (χ3n) is 3.03. The first-order chi connectivity index (χ1) is 8.69. The van der Waals surface area contributed by atoms with Gasteiger partial charge >= 0.3 is 0 Å². The van der Waals surface area contributed by atoms with E-state index in [2.05, 4.69) is 27.7 Å². The molecule has 0 aliphatic rings. The molecule has 112 valence electrons. The van der Waals surface area contributed by atoms with Crippen LogP contribution in [0.15, 0.2) is 0 Å². The third-order valence-corrected chi connectivity index (χ3v) is 3.54. The Morgan fingerprint density at radius 3 is 1.95 bits per heavy atom. The lowest BCUT2D eigenvalue weighted by molar-refractivity contribution is -0.0124. The van der Waals surface area contributed by atoms with Gasteiger partial charge in [-0.25, -0.2) is 0 Å². The van der Waals surface area contributed by atoms with Crippen molar-refractivity contribution in [2.24, 2.45) is 11.8 Å². The Hall–Kier alpha value is -0.260. The maximum Gasteiger partial charge on any atom is 0.190 e. The van der Waals surface area contributed by atoms with Crippen LogP contribution in [0.4, 0.5) is 0 Å². The number of aliphatic hydroxyl groups excluding tert-OH is 2. The van der Waals surface area contributed by atoms with Crippen LogP contribution in [-0.4, -0.2) is 32.5 Å². The summed E-state index contributed by atoms with van der Waals surface area (Å²) in [6.45, 7) is 8.90. The molecule has 0 radical (unpaired) electrons. The van der Waals surface area contributed by atoms with Crippen LogP contribution in [0.3, 0.4) is 0 Å². The number of hydrogen-bond acceptors (Lipinski definition) is 3. The maximum atomic E-state index is 9.83. The molecule has 0 bridgehead atoms. The van der Waals surface area contributed by atoms with E-state index in [4.69, 9.17) is 29.2 Å². The van der Waals surface area contributed by atoms with Crippen molar-refractivity contribution >= 4 is 34.5 Å². The van der Waals surface area contributed by atoms with Crippen molar-refractivity contribution in [1.82, 2.24) is 0 Å². The lowest BCUT2D eigenvalue weighted by atomic mass is 9.91. The van der Waals surface area contributed by atoms with Crippen LogP contribution in [0.25, 0.3) is 0 Å². The van der Waals surface area contributed by atoms with Crippen LogP contribution in [0.1, 0.15) is 53.4 Å². The highest BCUT2D eigenvalue weighted by Gasteiger charge is 2.37. The van der Waals surface area contributed by atoms with Gasteiger partial charge in [0.1, 0.15) is 5.60 Å². The summed E-state index contributed by atoms with van der Waals surface area (Å²) < 4.78 is 5.82. The van der Waals surface area contributed by atoms with E-state index in [-0.39, 0.29) is 16.5 Å². The molecular formula is C14H26O3S2. The minimum Gasteiger partial charge on any atom is -0.502 e. The number of hydrogen-bond donors (Lipinski definition) is 2. The summed E-state index contributed by atoms with van der Waals surface area (Å²) in [5.41, 5.74) is -1.01. The zero-order valence-corrected chi connectivity index (χ0v) is 13.9. The molecular weight excluding hydrogens is 280 g/mol. The molecule has 0 heterocycles. The summed E-state index contributed by atoms with van der Waals surface area (Å²) in [5.74, 6) is 0.978. The van der Waals surface area contributed by atoms with E-state index in [9.17, 15) is 10.2 Å². The van der Waals surface area contributed by atoms with Crippen molar-refractivity contribution in [3.05, 3.63) is 0 Å². The molecule has 0 aromatic heterocycles. The molecule has 1 atom stereocenters. The molecule has 0 amide bonds. The Kier molecular flexibility index (Phi) is 8.70. The van der Waals surface area contributed by atoms with Crippen LogP contribution < -0.4 is 0 Å². The van der Waals surface area contributed by atoms with Crippen LogP contribution in [-0.2, 0) is 4.74 Å². The highest BCUT2D eigenvalue weighted by Crippen LogP contribution is 2.27. The quantitative estimate of drug-likeness (QED) is 0.586. The SMILES string of the molecule is CC(C)CCOC(CCC(C)C)(CC(O)=S)C(O)=S. The molecule has 5 heteroatoms. The van der Waals surface area contributed by atoms with E-state index in [0.717, 1.165) is 12.8 Å². The van der Waals surface area contributed by atoms with Gasteiger partial charge in [-0.3, -0.25) is 0 Å². The fourth-order valence-electron chi connectivity index (χ4n) is 1.71. The predicted octanol–water partition coefficient (Wildman–Crippen LogP) is 4.39. The second-order valence-corrected chi connectivity index (χ2v) is 6.69. The van der Waals surface area contributed by atoms with Gasteiger partial charge in [-0.05, 0) is 55.5 Å². The lowest BCUT2D eigenvalue weighted by Crippen LogP contribution is -2.43. The minimum absolute atomic E-state index is 0.0858. The molecule has 2 N–H and O–H groups in total. The van der Waals surface area contributed by atoms with Crippen molar-refractivity contribution in [2.75, 3.05) is 6.61 Å². The summed E-state index contributed by atoms with van der Waals surface area (Å²) in [6.07, 6.45) is 2.39. The topological polar surface area (TPSA) is 49.7 Å². The fraction of sp³-hybridized carbons (Fsp3) is 0.857. The Morgan fingerprint density at radius 2 is 1.58 bits per heavy atom. The Labute approximate surface area is 127 Å². The second kappa shape index (κ2) is 8.82. The van der Waals surface area contributed by atoms with Gasteiger partial charge in [-0.1, -0.05) is 27.7 Å². The molecule has 19 heavy (non-hydrogen) atoms. The Morgan fingerprint density at radius 1 is 1.05 bits per heavy atom. The Balaban J connectivity index is 4.81. The molecule has 0 aliphatic carbocycles. The van der Waals surface area contributed by atoms with Crippen LogP contribution >= 0.6 is 24.4 Å². The maximum absolute atomic E-state index is 9.83. The minimum atomic E-state index is -1.01. The molecule has 0 aromatic carbocycles. The van der Waals surface area contributed by atoms with E-state index in [1.807, 2.05) is 0 Å². The van der Waals surface area contributed by atoms with Crippen molar-refractivity contribution in [1.29, 1.82) is 0 Å². The zero-order chi connectivity index (χ0) is 15.1. The highest BCUT2D eigenvalue weighted by molar-refractivity contribution is 7.80. The van der Waals surface area contributed by atoms with Crippen LogP contribution in [0.5, 0.6) is 0 Å². The van der Waals surface area contributed by atoms with Crippen molar-refractivity contribution in [3.63, 3.8) is 0 Å². The second-order valence-electron chi connectivity index (χ2n) is 5.83. The van der Waals surface area contributed by atoms with Gasteiger partial charge in [0.25, 0.3) is 0 Å². The van der Waals surface area contributed by atoms with E-state index < -0.39 is 5.60 Å². The van der Waals surface area contributed by atoms with Gasteiger partial charge < -0.3 is 14.9 Å². The normalized spacial score (nSPS) is 14.6. The van der Waals surface area contributed by atoms with Crippen LogP contribution in [0, 0.1) is 11.8 Å². The van der Waals surface area contributed by atoms with Gasteiger partial charge in [0, 0.05) is 6.61 Å². The standard InChI is InChI=1S/C14H26O3S2/c1-10(2)5-7-14(13(16)19,9-12(15)18)17-8-6-11(3)4/h10-11H,5-9H2,1-4H3,(H,15,18)(H,16,19). The fourth-order valence-corrected chi connectivity index (χ4v) is 2.18. The molecule has 0 aromatic rings. The van der Waals surface area contributed by atoms with E-state index >= 15 is 0 Å². The molecule has 0 rings (SSSR count). The molecule has 0 spiro atoms. The summed E-state index contributed by atoms with van der Waals surface area (Å²) in [7, 11) is 0. The summed E-state index contributed by atoms with van der Waals surface area (Å²) in [6, 6.07) is 0. The highest BCUT2D eigenvalue weighted by atomic mass is 32.1. The molecule has 0 saturated heterocycles. The number of ether oxygens (including phenoxy) is 1. The molecule has 0 saturated carbocycles. The molecule has 1 unspecified atom stereocenters. The Bertz CT molecular complexity index is 303. The van der Waals surface area contributed by atoms with Gasteiger partial charge in [-0.2, -0.15) is 0 Å². The van der Waals surface area contributed by atoms with Gasteiger partial charge in [0.2, 0.25) is 0 Å². The molecule has 0 fully saturated rings. The number of rotatable bonds is 10. The van der Waals surface area contributed by atoms with E-state index in [1.54, 1.807) is 0 Å². The zero-order valence-electron chi connectivity index (χ0n) is 12.3. The summed E-state index contributed by atoms with van der Waals surface area (Å²) in [5, 5.41) is 18.8. The van der Waals surface area contributed by atoms with E-state index in [0.29, 0.717) is 24.9 Å². The predicted molar refractivity (Wildman–Crippen MR) is 87.3 cm³/mol. The smallest absolute Gasteiger partial charge is 0.190 e. The number of aliphatic hydroxyl groups is 2. The average Bonchev–Trinajstić information content (AvgIpc) is 2.23. The summed E-state index contributed by atoms with van der Waals surface area (Å²) in [4.78, 5) is 0. The van der Waals surface area contributed by atoms with Gasteiger partial charge in [0.05, 0.1) is 6.42 Å². The van der Waals surface area contributed by atoms with Gasteiger partial charge in [-0.15, -0.1) is 0 Å². The van der Waals surface area contributed by atoms with Crippen molar-refractivity contribution in [3.8, 4) is 0 Å². The largest absolute Gasteiger partial charge is 0.502 e. The summed E-state index contributed by atoms with van der Waals surface area (Å²) >= 11 is 9.69. The van der Waals surface area contributed by atoms with Crippen molar-refractivity contribution < 1.29 is 14.9 Å². The third kappa shape index (κ3) is 7.80. The number of thiocarbonyl (C=S) groups is 2. The van der Waals surface area contributed by atoms with E-state index in [1.165, 1.54) is 0 Å². The van der Waals surface area contributed by atoms with Crippen LogP contribution in [0.2, 0.25) is 0 Å². The molecule has 3 nitrogen and oxygen atoms in total. The van der Waals surface area contributed by atoms with Crippen molar-refractivity contribution in [2.45, 2.75) is 59.0 Å². The first kappa shape index (κ1) is 18.7. The first-order valence-corrected chi connectivity index (χ1v) is 7.60. The lowest BCUT2D eigenvalue weighted by Gasteiger charge is -2.32. The van der Waals surface area contributed by atoms with Gasteiger partial charge in [0.15, 0.2) is 10.1 Å². The molecule has 0 aliphatic heterocycles. The first-order valence-electron chi connectivity index (χ1n) is 6.78. The average molecular weight is 306 g/mol. The monoisotopic (exact) mass is 306 g/mol.